The Bertz CT molecular complexity index is 1430. The minimum absolute atomic E-state index is 0.348. The van der Waals surface area contributed by atoms with E-state index in [1.54, 1.807) is 30.3 Å². The van der Waals surface area contributed by atoms with Gasteiger partial charge in [-0.2, -0.15) is 0 Å². The third kappa shape index (κ3) is 4.64. The van der Waals surface area contributed by atoms with Crippen LogP contribution in [-0.2, 0) is 11.3 Å². The summed E-state index contributed by atoms with van der Waals surface area (Å²) in [6.07, 6.45) is 3.76. The molecule has 1 aromatic heterocycles. The van der Waals surface area contributed by atoms with Crippen molar-refractivity contribution in [2.24, 2.45) is 0 Å². The van der Waals surface area contributed by atoms with Gasteiger partial charge in [-0.3, -0.25) is 9.59 Å². The number of thioether (sulfide) groups is 1. The second-order valence-electron chi connectivity index (χ2n) is 7.60. The molecule has 8 heteroatoms. The molecule has 2 amide bonds. The monoisotopic (exact) mass is 552 g/mol. The number of amides is 2. The van der Waals surface area contributed by atoms with Crippen molar-refractivity contribution in [1.82, 2.24) is 4.57 Å². The second-order valence-corrected chi connectivity index (χ2v) is 9.94. The van der Waals surface area contributed by atoms with Crippen LogP contribution in [-0.4, -0.2) is 22.3 Å². The van der Waals surface area contributed by atoms with Crippen molar-refractivity contribution in [2.45, 2.75) is 6.54 Å². The van der Waals surface area contributed by atoms with E-state index >= 15 is 0 Å². The topological polar surface area (TPSA) is 51.5 Å². The van der Waals surface area contributed by atoms with Gasteiger partial charge in [-0.15, -0.1) is 0 Å². The minimum Gasteiger partial charge on any atom is -0.492 e. The molecule has 5 rings (SSSR count). The van der Waals surface area contributed by atoms with Crippen molar-refractivity contribution in [1.29, 1.82) is 0 Å². The fourth-order valence-corrected chi connectivity index (χ4v) is 5.20. The lowest BCUT2D eigenvalue weighted by Gasteiger charge is -2.12. The number of fused-ring (bicyclic) bond motifs is 1. The molecule has 170 valence electrons. The van der Waals surface area contributed by atoms with Crippen molar-refractivity contribution >= 4 is 73.1 Å². The van der Waals surface area contributed by atoms with Gasteiger partial charge < -0.3 is 9.30 Å². The molecule has 34 heavy (non-hydrogen) atoms. The largest absolute Gasteiger partial charge is 0.492 e. The van der Waals surface area contributed by atoms with E-state index < -0.39 is 0 Å². The predicted octanol–water partition coefficient (Wildman–Crippen LogP) is 7.38. The smallest absolute Gasteiger partial charge is 0.298 e. The number of imide groups is 1. The first-order valence-electron chi connectivity index (χ1n) is 10.5. The molecule has 2 heterocycles. The van der Waals surface area contributed by atoms with Crippen molar-refractivity contribution in [3.8, 4) is 5.75 Å². The van der Waals surface area contributed by atoms with E-state index in [0.29, 0.717) is 28.8 Å². The van der Waals surface area contributed by atoms with E-state index in [4.69, 9.17) is 16.3 Å². The average Bonchev–Trinajstić information content (AvgIpc) is 3.30. The number of nitrogens with zero attached hydrogens (tertiary/aromatic N) is 2. The van der Waals surface area contributed by atoms with Gasteiger partial charge in [-0.25, -0.2) is 4.90 Å². The van der Waals surface area contributed by atoms with Crippen molar-refractivity contribution in [2.75, 3.05) is 11.5 Å². The Morgan fingerprint density at radius 3 is 2.62 bits per heavy atom. The number of para-hydroxylation sites is 1. The maximum Gasteiger partial charge on any atom is 0.298 e. The third-order valence-corrected chi connectivity index (χ3v) is 6.96. The van der Waals surface area contributed by atoms with Crippen molar-refractivity contribution in [3.05, 3.63) is 99.0 Å². The number of hydrogen-bond acceptors (Lipinski definition) is 4. The molecule has 1 aliphatic rings. The highest BCUT2D eigenvalue weighted by Gasteiger charge is 2.36. The van der Waals surface area contributed by atoms with Gasteiger partial charge in [0.15, 0.2) is 0 Å². The summed E-state index contributed by atoms with van der Waals surface area (Å²) in [5, 5.41) is 1.09. The maximum absolute atomic E-state index is 13.1. The normalized spacial score (nSPS) is 15.0. The first-order chi connectivity index (χ1) is 16.5. The predicted molar refractivity (Wildman–Crippen MR) is 141 cm³/mol. The van der Waals surface area contributed by atoms with Crippen LogP contribution in [0.5, 0.6) is 5.75 Å². The molecule has 0 radical (unpaired) electrons. The van der Waals surface area contributed by atoms with Crippen LogP contribution in [0.1, 0.15) is 5.56 Å². The summed E-state index contributed by atoms with van der Waals surface area (Å²) >= 11 is 10.5. The van der Waals surface area contributed by atoms with Crippen LogP contribution in [0.4, 0.5) is 10.5 Å². The molecular formula is C26H18BrClN2O3S. The van der Waals surface area contributed by atoms with Crippen molar-refractivity contribution < 1.29 is 14.3 Å². The Hall–Kier alpha value is -3.00. The zero-order valence-corrected chi connectivity index (χ0v) is 20.9. The summed E-state index contributed by atoms with van der Waals surface area (Å²) in [6.45, 7) is 1.12. The minimum atomic E-state index is -0.361. The van der Waals surface area contributed by atoms with Crippen LogP contribution in [0.2, 0.25) is 5.02 Å². The second kappa shape index (κ2) is 9.70. The van der Waals surface area contributed by atoms with Gasteiger partial charge in [0.1, 0.15) is 12.4 Å². The highest BCUT2D eigenvalue weighted by atomic mass is 79.9. The summed E-state index contributed by atoms with van der Waals surface area (Å²) in [7, 11) is 0. The van der Waals surface area contributed by atoms with Gasteiger partial charge in [0.2, 0.25) is 0 Å². The Morgan fingerprint density at radius 1 is 1.00 bits per heavy atom. The van der Waals surface area contributed by atoms with E-state index in [1.165, 1.54) is 0 Å². The molecule has 1 fully saturated rings. The Labute approximate surface area is 214 Å². The number of benzene rings is 3. The molecule has 3 aromatic carbocycles. The summed E-state index contributed by atoms with van der Waals surface area (Å²) in [5.41, 5.74) is 2.33. The fraction of sp³-hybridized carbons (Fsp3) is 0.0769. The first-order valence-corrected chi connectivity index (χ1v) is 12.5. The highest BCUT2D eigenvalue weighted by molar-refractivity contribution is 9.10. The summed E-state index contributed by atoms with van der Waals surface area (Å²) < 4.78 is 8.89. The summed E-state index contributed by atoms with van der Waals surface area (Å²) in [5.74, 6) is 0.456. The number of carbonyl (C=O) groups excluding carboxylic acids is 2. The van der Waals surface area contributed by atoms with Crippen LogP contribution in [0.15, 0.2) is 88.4 Å². The number of halogens is 2. The van der Waals surface area contributed by atoms with Crippen LogP contribution < -0.4 is 9.64 Å². The van der Waals surface area contributed by atoms with Gasteiger partial charge in [-0.05, 0) is 66.4 Å². The van der Waals surface area contributed by atoms with Gasteiger partial charge >= 0.3 is 0 Å². The lowest BCUT2D eigenvalue weighted by molar-refractivity contribution is -0.113. The van der Waals surface area contributed by atoms with Crippen LogP contribution >= 0.6 is 39.3 Å². The molecular weight excluding hydrogens is 536 g/mol. The molecule has 0 bridgehead atoms. The third-order valence-electron chi connectivity index (χ3n) is 5.36. The molecule has 0 N–H and O–H groups in total. The fourth-order valence-electron chi connectivity index (χ4n) is 3.82. The van der Waals surface area contributed by atoms with E-state index in [9.17, 15) is 9.59 Å². The summed E-state index contributed by atoms with van der Waals surface area (Å²) in [4.78, 5) is 27.3. The van der Waals surface area contributed by atoms with Gasteiger partial charge in [0, 0.05) is 32.2 Å². The highest BCUT2D eigenvalue weighted by Crippen LogP contribution is 2.37. The molecule has 4 aromatic rings. The van der Waals surface area contributed by atoms with Gasteiger partial charge in [0.25, 0.3) is 11.1 Å². The van der Waals surface area contributed by atoms with Gasteiger partial charge in [0.05, 0.1) is 17.1 Å². The Morgan fingerprint density at radius 2 is 1.82 bits per heavy atom. The number of carbonyl (C=O) groups is 2. The molecule has 0 aliphatic carbocycles. The lowest BCUT2D eigenvalue weighted by atomic mass is 10.1. The van der Waals surface area contributed by atoms with E-state index in [2.05, 4.69) is 20.5 Å². The zero-order chi connectivity index (χ0) is 23.7. The molecule has 0 saturated carbocycles. The molecule has 1 saturated heterocycles. The maximum atomic E-state index is 13.1. The van der Waals surface area contributed by atoms with Crippen molar-refractivity contribution in [3.63, 3.8) is 0 Å². The first kappa shape index (κ1) is 22.8. The van der Waals surface area contributed by atoms with E-state index in [0.717, 1.165) is 43.4 Å². The quantitative estimate of drug-likeness (QED) is 0.234. The lowest BCUT2D eigenvalue weighted by Crippen LogP contribution is -2.27. The molecule has 0 unspecified atom stereocenters. The number of aromatic nitrogens is 1. The van der Waals surface area contributed by atoms with Crippen LogP contribution in [0.25, 0.3) is 17.0 Å². The Kier molecular flexibility index (Phi) is 6.50. The van der Waals surface area contributed by atoms with E-state index in [1.807, 2.05) is 54.7 Å². The zero-order valence-electron chi connectivity index (χ0n) is 17.8. The molecule has 1 aliphatic heterocycles. The molecule has 0 atom stereocenters. The Balaban J connectivity index is 1.44. The van der Waals surface area contributed by atoms with E-state index in [-0.39, 0.29) is 11.1 Å². The SMILES string of the molecule is O=C1S/C(=C\c2cn(CCOc3ccccc3)c3ccc(Br)cc23)C(=O)N1c1cccc(Cl)c1. The number of anilines is 1. The summed E-state index contributed by atoms with van der Waals surface area (Å²) in [6, 6.07) is 22.4. The van der Waals surface area contributed by atoms with Crippen LogP contribution in [0.3, 0.4) is 0 Å². The molecule has 0 spiro atoms. The molecule has 5 nitrogen and oxygen atoms in total. The van der Waals surface area contributed by atoms with Crippen LogP contribution in [0, 0.1) is 0 Å². The number of rotatable bonds is 6. The number of ether oxygens (including phenoxy) is 1. The average molecular weight is 554 g/mol. The standard InChI is InChI=1S/C26H18BrClN2O3S/c27-18-9-10-23-22(14-18)17(16-29(23)11-12-33-21-7-2-1-3-8-21)13-24-25(31)30(26(32)34-24)20-6-4-5-19(28)15-20/h1-10,13-16H,11-12H2/b24-13-. The number of hydrogen-bond donors (Lipinski definition) is 0. The van der Waals surface area contributed by atoms with Gasteiger partial charge in [-0.1, -0.05) is 51.8 Å².